The van der Waals surface area contributed by atoms with Gasteiger partial charge < -0.3 is 5.32 Å². The molecular weight excluding hydrogens is 523 g/mol. The highest BCUT2D eigenvalue weighted by Gasteiger charge is 2.23. The van der Waals surface area contributed by atoms with E-state index in [4.69, 9.17) is 23.2 Å². The maximum Gasteiger partial charge on any atom is 0.274 e. The zero-order chi connectivity index (χ0) is 23.6. The summed E-state index contributed by atoms with van der Waals surface area (Å²) in [5.74, 6) is -1.29. The molecule has 0 aliphatic carbocycles. The highest BCUT2D eigenvalue weighted by Crippen LogP contribution is 2.27. The molecule has 0 saturated carbocycles. The molecule has 3 amide bonds. The number of benzene rings is 1. The van der Waals surface area contributed by atoms with Crippen LogP contribution in [-0.2, 0) is 4.79 Å². The van der Waals surface area contributed by atoms with E-state index in [0.29, 0.717) is 20.2 Å². The number of halogens is 3. The highest BCUT2D eigenvalue weighted by molar-refractivity contribution is 9.10. The molecule has 0 saturated heterocycles. The topological polar surface area (TPSA) is 109 Å². The van der Waals surface area contributed by atoms with Crippen LogP contribution < -0.4 is 10.7 Å². The fraction of sp³-hybridized carbons (Fsp3) is 0.150. The van der Waals surface area contributed by atoms with E-state index in [-0.39, 0.29) is 28.7 Å². The number of rotatable bonds is 4. The Balaban J connectivity index is 2.00. The lowest BCUT2D eigenvalue weighted by Crippen LogP contribution is -2.42. The molecule has 9 nitrogen and oxygen atoms in total. The minimum Gasteiger partial charge on any atom is -0.320 e. The molecule has 166 valence electrons. The number of carbonyl (C=O) groups is 3. The molecular formula is C20H17BrCl2N6O3. The summed E-state index contributed by atoms with van der Waals surface area (Å²) in [6, 6.07) is 7.78. The van der Waals surface area contributed by atoms with Crippen molar-refractivity contribution in [3.63, 3.8) is 0 Å². The normalized spacial score (nSPS) is 10.6. The van der Waals surface area contributed by atoms with Gasteiger partial charge in [0.2, 0.25) is 5.91 Å². The lowest BCUT2D eigenvalue weighted by atomic mass is 10.1. The van der Waals surface area contributed by atoms with Crippen LogP contribution in [0.15, 0.2) is 41.1 Å². The summed E-state index contributed by atoms with van der Waals surface area (Å²) in [7, 11) is 1.41. The number of aromatic nitrogens is 3. The Morgan fingerprint density at radius 2 is 1.88 bits per heavy atom. The lowest BCUT2D eigenvalue weighted by Gasteiger charge is -2.19. The number of amides is 3. The molecule has 0 bridgehead atoms. The van der Waals surface area contributed by atoms with Crippen LogP contribution in [0.5, 0.6) is 0 Å². The summed E-state index contributed by atoms with van der Waals surface area (Å²) >= 11 is 15.6. The SMILES string of the molecule is CC(=O)N(C)NC(=O)c1cc(Cl)cc(C)c1NC(=O)c1cc(Br)nn1-c1ncccc1Cl. The number of hydrogen-bond acceptors (Lipinski definition) is 5. The standard InChI is InChI=1S/C20H17BrCl2N6O3/c1-10-7-12(22)8-13(19(31)27-28(3)11(2)30)17(10)25-20(32)15-9-16(21)26-29(15)18-14(23)5-4-6-24-18/h4-9H,1-3H3,(H,25,32)(H,27,31). The van der Waals surface area contributed by atoms with E-state index < -0.39 is 11.8 Å². The van der Waals surface area contributed by atoms with E-state index in [0.717, 1.165) is 5.01 Å². The van der Waals surface area contributed by atoms with Gasteiger partial charge in [0, 0.05) is 31.3 Å². The van der Waals surface area contributed by atoms with Gasteiger partial charge in [0.1, 0.15) is 10.3 Å². The average Bonchev–Trinajstić information content (AvgIpc) is 3.11. The molecule has 0 radical (unpaired) electrons. The van der Waals surface area contributed by atoms with Crippen molar-refractivity contribution >= 4 is 62.5 Å². The molecule has 0 spiro atoms. The number of hydrogen-bond donors (Lipinski definition) is 2. The van der Waals surface area contributed by atoms with Gasteiger partial charge >= 0.3 is 0 Å². The highest BCUT2D eigenvalue weighted by atomic mass is 79.9. The third kappa shape index (κ3) is 5.09. The molecule has 2 aromatic heterocycles. The smallest absolute Gasteiger partial charge is 0.274 e. The molecule has 2 heterocycles. The third-order valence-electron chi connectivity index (χ3n) is 4.38. The van der Waals surface area contributed by atoms with Crippen LogP contribution >= 0.6 is 39.1 Å². The minimum atomic E-state index is -0.619. The van der Waals surface area contributed by atoms with Gasteiger partial charge in [-0.2, -0.15) is 5.10 Å². The number of hydrazine groups is 1. The van der Waals surface area contributed by atoms with Gasteiger partial charge in [0.25, 0.3) is 11.8 Å². The molecule has 0 fully saturated rings. The Morgan fingerprint density at radius 3 is 2.53 bits per heavy atom. The quantitative estimate of drug-likeness (QED) is 0.487. The van der Waals surface area contributed by atoms with Crippen LogP contribution in [0.25, 0.3) is 5.82 Å². The Morgan fingerprint density at radius 1 is 1.16 bits per heavy atom. The third-order valence-corrected chi connectivity index (χ3v) is 5.28. The van der Waals surface area contributed by atoms with E-state index in [1.165, 1.54) is 37.0 Å². The summed E-state index contributed by atoms with van der Waals surface area (Å²) in [6.07, 6.45) is 1.52. The fourth-order valence-corrected chi connectivity index (χ4v) is 3.62. The van der Waals surface area contributed by atoms with Crippen molar-refractivity contribution in [2.45, 2.75) is 13.8 Å². The fourth-order valence-electron chi connectivity index (χ4n) is 2.77. The van der Waals surface area contributed by atoms with E-state index >= 15 is 0 Å². The van der Waals surface area contributed by atoms with Gasteiger partial charge in [-0.25, -0.2) is 9.67 Å². The zero-order valence-electron chi connectivity index (χ0n) is 17.1. The van der Waals surface area contributed by atoms with Crippen LogP contribution in [0.2, 0.25) is 10.0 Å². The Labute approximate surface area is 201 Å². The van der Waals surface area contributed by atoms with Crippen molar-refractivity contribution in [1.29, 1.82) is 0 Å². The van der Waals surface area contributed by atoms with Gasteiger partial charge in [-0.05, 0) is 52.7 Å². The van der Waals surface area contributed by atoms with Crippen molar-refractivity contribution in [3.05, 3.63) is 68.0 Å². The van der Waals surface area contributed by atoms with Gasteiger partial charge in [-0.3, -0.25) is 24.8 Å². The molecule has 3 rings (SSSR count). The first-order chi connectivity index (χ1) is 15.1. The van der Waals surface area contributed by atoms with Gasteiger partial charge in [0.15, 0.2) is 5.82 Å². The van der Waals surface area contributed by atoms with E-state index in [2.05, 4.69) is 36.8 Å². The largest absolute Gasteiger partial charge is 0.320 e. The summed E-state index contributed by atoms with van der Waals surface area (Å²) in [4.78, 5) is 41.6. The summed E-state index contributed by atoms with van der Waals surface area (Å²) in [5, 5.41) is 8.59. The predicted octanol–water partition coefficient (Wildman–Crippen LogP) is 4.02. The number of nitrogens with one attached hydrogen (secondary N) is 2. The molecule has 0 atom stereocenters. The molecule has 3 aromatic rings. The number of anilines is 1. The van der Waals surface area contributed by atoms with Crippen LogP contribution in [-0.4, -0.2) is 44.5 Å². The predicted molar refractivity (Wildman–Crippen MR) is 124 cm³/mol. The Hall–Kier alpha value is -2.95. The molecule has 32 heavy (non-hydrogen) atoms. The Bertz CT molecular complexity index is 1230. The minimum absolute atomic E-state index is 0.0810. The van der Waals surface area contributed by atoms with Crippen molar-refractivity contribution in [3.8, 4) is 5.82 Å². The van der Waals surface area contributed by atoms with Crippen LogP contribution in [0.4, 0.5) is 5.69 Å². The molecule has 0 unspecified atom stereocenters. The second kappa shape index (κ2) is 9.68. The maximum atomic E-state index is 13.2. The van der Waals surface area contributed by atoms with Crippen molar-refractivity contribution in [2.24, 2.45) is 0 Å². The van der Waals surface area contributed by atoms with Crippen LogP contribution in [0.1, 0.15) is 33.3 Å². The molecule has 0 aliphatic heterocycles. The van der Waals surface area contributed by atoms with Crippen molar-refractivity contribution in [2.75, 3.05) is 12.4 Å². The summed E-state index contributed by atoms with van der Waals surface area (Å²) < 4.78 is 1.68. The Kier molecular flexibility index (Phi) is 7.17. The first-order valence-corrected chi connectivity index (χ1v) is 10.7. The lowest BCUT2D eigenvalue weighted by molar-refractivity contribution is -0.129. The number of aryl methyl sites for hydroxylation is 1. The van der Waals surface area contributed by atoms with Gasteiger partial charge in [0.05, 0.1) is 16.3 Å². The second-order valence-electron chi connectivity index (χ2n) is 6.69. The molecule has 1 aromatic carbocycles. The average molecular weight is 540 g/mol. The maximum absolute atomic E-state index is 13.2. The van der Waals surface area contributed by atoms with Crippen molar-refractivity contribution < 1.29 is 14.4 Å². The van der Waals surface area contributed by atoms with Crippen LogP contribution in [0.3, 0.4) is 0 Å². The van der Waals surface area contributed by atoms with Gasteiger partial charge in [-0.1, -0.05) is 23.2 Å². The summed E-state index contributed by atoms with van der Waals surface area (Å²) in [5.41, 5.74) is 3.41. The van der Waals surface area contributed by atoms with E-state index in [9.17, 15) is 14.4 Å². The zero-order valence-corrected chi connectivity index (χ0v) is 20.2. The number of pyridine rings is 1. The molecule has 12 heteroatoms. The van der Waals surface area contributed by atoms with E-state index in [1.807, 2.05) is 0 Å². The first kappa shape index (κ1) is 23.7. The number of carbonyl (C=O) groups excluding carboxylic acids is 3. The van der Waals surface area contributed by atoms with Crippen molar-refractivity contribution in [1.82, 2.24) is 25.2 Å². The van der Waals surface area contributed by atoms with Crippen LogP contribution in [0, 0.1) is 6.92 Å². The number of nitrogens with zero attached hydrogens (tertiary/aromatic N) is 4. The summed E-state index contributed by atoms with van der Waals surface area (Å²) in [6.45, 7) is 2.99. The first-order valence-electron chi connectivity index (χ1n) is 9.11. The monoisotopic (exact) mass is 538 g/mol. The second-order valence-corrected chi connectivity index (χ2v) is 8.35. The van der Waals surface area contributed by atoms with E-state index in [1.54, 1.807) is 25.1 Å². The molecule has 2 N–H and O–H groups in total. The molecule has 0 aliphatic rings. The van der Waals surface area contributed by atoms with Gasteiger partial charge in [-0.15, -0.1) is 0 Å².